The second kappa shape index (κ2) is 10.7. The van der Waals surface area contributed by atoms with Crippen molar-refractivity contribution >= 4 is 54.3 Å². The largest absolute Gasteiger partial charge is 0.293 e. The molecule has 52 heavy (non-hydrogen) atoms. The molecule has 0 saturated heterocycles. The van der Waals surface area contributed by atoms with Gasteiger partial charge in [0.1, 0.15) is 5.82 Å². The van der Waals surface area contributed by atoms with Gasteiger partial charge in [-0.1, -0.05) is 135 Å². The molecule has 2 heterocycles. The van der Waals surface area contributed by atoms with Crippen LogP contribution in [0, 0.1) is 0 Å². The summed E-state index contributed by atoms with van der Waals surface area (Å²) in [5.41, 5.74) is 11.6. The van der Waals surface area contributed by atoms with E-state index in [9.17, 15) is 0 Å². The number of para-hydroxylation sites is 1. The first kappa shape index (κ1) is 29.2. The molecule has 3 nitrogen and oxygen atoms in total. The predicted molar refractivity (Wildman–Crippen MR) is 217 cm³/mol. The van der Waals surface area contributed by atoms with E-state index in [2.05, 4.69) is 182 Å². The Hall–Kier alpha value is -6.58. The monoisotopic (exact) mass is 663 g/mol. The Morgan fingerprint density at radius 2 is 1.08 bits per heavy atom. The molecule has 11 rings (SSSR count). The molecule has 244 valence electrons. The van der Waals surface area contributed by atoms with Crippen molar-refractivity contribution in [3.63, 3.8) is 0 Å². The number of hydrogen-bond acceptors (Lipinski definition) is 2. The van der Waals surface area contributed by atoms with Crippen LogP contribution in [0.25, 0.3) is 93.7 Å². The van der Waals surface area contributed by atoms with Gasteiger partial charge in [-0.3, -0.25) is 4.57 Å². The van der Waals surface area contributed by atoms with Crippen molar-refractivity contribution < 1.29 is 0 Å². The Kier molecular flexibility index (Phi) is 6.01. The van der Waals surface area contributed by atoms with Crippen LogP contribution in [0.1, 0.15) is 25.0 Å². The second-order valence-corrected chi connectivity index (χ2v) is 14.7. The zero-order valence-electron chi connectivity index (χ0n) is 28.9. The number of nitrogens with zero attached hydrogens (tertiary/aromatic N) is 3. The van der Waals surface area contributed by atoms with Gasteiger partial charge in [-0.25, -0.2) is 9.97 Å². The van der Waals surface area contributed by atoms with Crippen LogP contribution in [0.15, 0.2) is 164 Å². The van der Waals surface area contributed by atoms with Gasteiger partial charge >= 0.3 is 0 Å². The highest BCUT2D eigenvalue weighted by Crippen LogP contribution is 2.49. The van der Waals surface area contributed by atoms with Crippen LogP contribution in [-0.4, -0.2) is 14.5 Å². The fraction of sp³-hybridized carbons (Fsp3) is 0.0612. The molecule has 3 heteroatoms. The van der Waals surface area contributed by atoms with Crippen LogP contribution in [0.4, 0.5) is 0 Å². The molecule has 0 fully saturated rings. The lowest BCUT2D eigenvalue weighted by Crippen LogP contribution is -2.15. The first-order chi connectivity index (χ1) is 25.5. The van der Waals surface area contributed by atoms with E-state index >= 15 is 0 Å². The van der Waals surface area contributed by atoms with E-state index in [0.717, 1.165) is 44.7 Å². The van der Waals surface area contributed by atoms with Crippen molar-refractivity contribution in [1.29, 1.82) is 0 Å². The summed E-state index contributed by atoms with van der Waals surface area (Å²) < 4.78 is 2.35. The first-order valence-corrected chi connectivity index (χ1v) is 18.0. The van der Waals surface area contributed by atoms with Crippen molar-refractivity contribution in [3.8, 4) is 39.5 Å². The van der Waals surface area contributed by atoms with Crippen molar-refractivity contribution in [2.45, 2.75) is 19.3 Å². The summed E-state index contributed by atoms with van der Waals surface area (Å²) in [5.74, 6) is 1.61. The minimum Gasteiger partial charge on any atom is -0.293 e. The molecular formula is C49H33N3. The number of rotatable bonds is 3. The molecule has 0 atom stereocenters. The van der Waals surface area contributed by atoms with E-state index in [0.29, 0.717) is 0 Å². The SMILES string of the molecule is CC1(C)c2ccccc2-c2ccc(-c3nc(-n4c5ccccc5c5cc6ccccc6cc54)c4ccc(-c5ccc6ccccc6c5)cc4n3)cc21. The Labute approximate surface area is 301 Å². The Balaban J connectivity index is 1.20. The highest BCUT2D eigenvalue weighted by Gasteiger charge is 2.35. The summed E-state index contributed by atoms with van der Waals surface area (Å²) in [5, 5.41) is 8.33. The number of hydrogen-bond donors (Lipinski definition) is 0. The van der Waals surface area contributed by atoms with Gasteiger partial charge in [0.15, 0.2) is 5.82 Å². The fourth-order valence-electron chi connectivity index (χ4n) is 8.69. The van der Waals surface area contributed by atoms with Gasteiger partial charge in [-0.05, 0) is 97.4 Å². The Bertz CT molecular complexity index is 3110. The molecule has 0 amide bonds. The van der Waals surface area contributed by atoms with Gasteiger partial charge in [0, 0.05) is 27.1 Å². The van der Waals surface area contributed by atoms with Crippen LogP contribution < -0.4 is 0 Å². The predicted octanol–water partition coefficient (Wildman–Crippen LogP) is 12.7. The molecular weight excluding hydrogens is 631 g/mol. The van der Waals surface area contributed by atoms with E-state index in [1.54, 1.807) is 0 Å². The molecule has 1 aliphatic carbocycles. The third kappa shape index (κ3) is 4.20. The normalized spacial score (nSPS) is 13.3. The maximum atomic E-state index is 5.51. The first-order valence-electron chi connectivity index (χ1n) is 18.0. The van der Waals surface area contributed by atoms with Crippen molar-refractivity contribution in [1.82, 2.24) is 14.5 Å². The molecule has 0 bridgehead atoms. The highest BCUT2D eigenvalue weighted by molar-refractivity contribution is 6.14. The van der Waals surface area contributed by atoms with Gasteiger partial charge in [0.2, 0.25) is 0 Å². The standard InChI is InChI=1S/C49H33N3/c1-49(2)42-17-9-7-15-37(42)38-23-22-36(27-43(38)49)47-50-44-28-35(34-20-19-30-11-3-4-12-31(30)25-34)21-24-40(44)48(51-47)52-45-18-10-8-16-39(45)41-26-32-13-5-6-14-33(32)29-46(41)52/h3-29H,1-2H3. The quantitative estimate of drug-likeness (QED) is 0.188. The Morgan fingerprint density at radius 3 is 1.94 bits per heavy atom. The molecule has 0 radical (unpaired) electrons. The lowest BCUT2D eigenvalue weighted by Gasteiger charge is -2.22. The number of fused-ring (bicyclic) bond motifs is 9. The summed E-state index contributed by atoms with van der Waals surface area (Å²) in [4.78, 5) is 10.9. The molecule has 8 aromatic carbocycles. The van der Waals surface area contributed by atoms with Crippen molar-refractivity contribution in [2.24, 2.45) is 0 Å². The molecule has 0 spiro atoms. The third-order valence-corrected chi connectivity index (χ3v) is 11.4. The maximum Gasteiger partial charge on any atom is 0.162 e. The molecule has 0 unspecified atom stereocenters. The summed E-state index contributed by atoms with van der Waals surface area (Å²) >= 11 is 0. The van der Waals surface area contributed by atoms with Crippen LogP contribution in [0.3, 0.4) is 0 Å². The van der Waals surface area contributed by atoms with E-state index in [1.807, 2.05) is 0 Å². The van der Waals surface area contributed by atoms with Crippen molar-refractivity contribution in [2.75, 3.05) is 0 Å². The van der Waals surface area contributed by atoms with Gasteiger partial charge in [0.25, 0.3) is 0 Å². The Morgan fingerprint density at radius 1 is 0.423 bits per heavy atom. The average Bonchev–Trinajstić information content (AvgIpc) is 3.63. The molecule has 10 aromatic rings. The molecule has 0 saturated carbocycles. The van der Waals surface area contributed by atoms with E-state index in [4.69, 9.17) is 9.97 Å². The van der Waals surface area contributed by atoms with Gasteiger partial charge in [0.05, 0.1) is 16.6 Å². The second-order valence-electron chi connectivity index (χ2n) is 14.7. The van der Waals surface area contributed by atoms with E-state index in [-0.39, 0.29) is 5.41 Å². The number of benzene rings is 8. The van der Waals surface area contributed by atoms with Gasteiger partial charge < -0.3 is 0 Å². The van der Waals surface area contributed by atoms with Gasteiger partial charge in [-0.2, -0.15) is 0 Å². The summed E-state index contributed by atoms with van der Waals surface area (Å²) in [6.45, 7) is 4.65. The molecule has 0 aliphatic heterocycles. The highest BCUT2D eigenvalue weighted by atomic mass is 15.1. The van der Waals surface area contributed by atoms with Crippen LogP contribution in [0.5, 0.6) is 0 Å². The third-order valence-electron chi connectivity index (χ3n) is 11.4. The van der Waals surface area contributed by atoms with Crippen molar-refractivity contribution in [3.05, 3.63) is 175 Å². The molecule has 2 aromatic heterocycles. The zero-order chi connectivity index (χ0) is 34.6. The number of aromatic nitrogens is 3. The fourth-order valence-corrected chi connectivity index (χ4v) is 8.69. The minimum absolute atomic E-state index is 0.126. The average molecular weight is 664 g/mol. The van der Waals surface area contributed by atoms with Crippen LogP contribution >= 0.6 is 0 Å². The zero-order valence-corrected chi connectivity index (χ0v) is 28.9. The summed E-state index contributed by atoms with van der Waals surface area (Å²) in [6.07, 6.45) is 0. The maximum absolute atomic E-state index is 5.51. The van der Waals surface area contributed by atoms with Gasteiger partial charge in [-0.15, -0.1) is 0 Å². The molecule has 1 aliphatic rings. The smallest absolute Gasteiger partial charge is 0.162 e. The summed E-state index contributed by atoms with van der Waals surface area (Å²) in [6, 6.07) is 59.4. The molecule has 0 N–H and O–H groups in total. The van der Waals surface area contributed by atoms with Crippen LogP contribution in [0.2, 0.25) is 0 Å². The topological polar surface area (TPSA) is 30.7 Å². The lowest BCUT2D eigenvalue weighted by molar-refractivity contribution is 0.660. The lowest BCUT2D eigenvalue weighted by atomic mass is 9.82. The van der Waals surface area contributed by atoms with E-state index < -0.39 is 0 Å². The van der Waals surface area contributed by atoms with Crippen LogP contribution in [-0.2, 0) is 5.41 Å². The minimum atomic E-state index is -0.126. The summed E-state index contributed by atoms with van der Waals surface area (Å²) in [7, 11) is 0. The van der Waals surface area contributed by atoms with E-state index in [1.165, 1.54) is 60.1 Å².